The lowest BCUT2D eigenvalue weighted by molar-refractivity contribution is 0.0210. The SMILES string of the molecule is COC1CC(NC(=O)Nc2cc3cc(-c4cnc5c(c4C)N(C(=O)OC(C)(C)C)CCO5)c(F)c(NC(=O)OC(C)(C)C)c3cn2)C1. The number of halogens is 1. The van der Waals surface area contributed by atoms with Crippen molar-refractivity contribution < 1.29 is 37.7 Å². The summed E-state index contributed by atoms with van der Waals surface area (Å²) in [5.74, 6) is -0.350. The van der Waals surface area contributed by atoms with Crippen molar-refractivity contribution in [3.63, 3.8) is 0 Å². The minimum atomic E-state index is -0.865. The zero-order valence-corrected chi connectivity index (χ0v) is 27.9. The van der Waals surface area contributed by atoms with Gasteiger partial charge >= 0.3 is 18.2 Å². The number of urea groups is 1. The summed E-state index contributed by atoms with van der Waals surface area (Å²) in [6.45, 7) is 12.5. The lowest BCUT2D eigenvalue weighted by Crippen LogP contribution is -2.48. The average molecular weight is 653 g/mol. The quantitative estimate of drug-likeness (QED) is 0.279. The minimum Gasteiger partial charge on any atom is -0.474 e. The van der Waals surface area contributed by atoms with Crippen molar-refractivity contribution in [2.45, 2.75) is 84.7 Å². The molecule has 0 unspecified atom stereocenters. The van der Waals surface area contributed by atoms with Crippen molar-refractivity contribution >= 4 is 46.2 Å². The van der Waals surface area contributed by atoms with Crippen molar-refractivity contribution in [2.75, 3.05) is 35.8 Å². The number of carbonyl (C=O) groups is 3. The Hall–Kier alpha value is -4.72. The first-order valence-corrected chi connectivity index (χ1v) is 15.4. The summed E-state index contributed by atoms with van der Waals surface area (Å²) in [5, 5.41) is 8.88. The maximum absolute atomic E-state index is 16.6. The molecule has 13 nitrogen and oxygen atoms in total. The Balaban J connectivity index is 1.57. The number of hydrogen-bond acceptors (Lipinski definition) is 9. The van der Waals surface area contributed by atoms with E-state index in [1.54, 1.807) is 67.7 Å². The molecule has 4 amide bonds. The molecule has 3 N–H and O–H groups in total. The molecule has 0 radical (unpaired) electrons. The lowest BCUT2D eigenvalue weighted by atomic mass is 9.89. The molecule has 0 atom stereocenters. The van der Waals surface area contributed by atoms with Crippen LogP contribution in [0, 0.1) is 12.7 Å². The van der Waals surface area contributed by atoms with Gasteiger partial charge in [-0.05, 0) is 84.4 Å². The summed E-state index contributed by atoms with van der Waals surface area (Å²) in [7, 11) is 1.63. The molecule has 1 saturated carbocycles. The maximum atomic E-state index is 16.6. The van der Waals surface area contributed by atoms with E-state index in [0.717, 1.165) is 0 Å². The fourth-order valence-corrected chi connectivity index (χ4v) is 5.39. The number of aromatic nitrogens is 2. The molecule has 3 aromatic rings. The lowest BCUT2D eigenvalue weighted by Gasteiger charge is -2.34. The van der Waals surface area contributed by atoms with E-state index in [4.69, 9.17) is 18.9 Å². The smallest absolute Gasteiger partial charge is 0.415 e. The highest BCUT2D eigenvalue weighted by Gasteiger charge is 2.33. The molecule has 1 aliphatic carbocycles. The third-order valence-electron chi connectivity index (χ3n) is 7.59. The molecule has 2 aromatic heterocycles. The highest BCUT2D eigenvalue weighted by Crippen LogP contribution is 2.42. The summed E-state index contributed by atoms with van der Waals surface area (Å²) in [4.78, 5) is 48.9. The number of anilines is 3. The van der Waals surface area contributed by atoms with E-state index in [1.165, 1.54) is 17.3 Å². The predicted molar refractivity (Wildman–Crippen MR) is 175 cm³/mol. The van der Waals surface area contributed by atoms with Gasteiger partial charge in [-0.2, -0.15) is 0 Å². The molecule has 1 fully saturated rings. The second-order valence-electron chi connectivity index (χ2n) is 13.6. The Bertz CT molecular complexity index is 1710. The molecule has 1 aromatic carbocycles. The molecule has 252 valence electrons. The van der Waals surface area contributed by atoms with Crippen molar-refractivity contribution in [1.82, 2.24) is 15.3 Å². The van der Waals surface area contributed by atoms with Crippen LogP contribution in [0.5, 0.6) is 5.88 Å². The highest BCUT2D eigenvalue weighted by molar-refractivity contribution is 6.05. The standard InChI is InChI=1S/C33H41FN6O7/c1-17-22(15-36-28-27(17)40(9-10-45-28)31(43)47-33(5,6)7)21-11-18-12-24(38-29(41)37-19-13-20(14-19)44-8)35-16-23(18)26(25(21)34)39-30(42)46-32(2,3)4/h11-12,15-16,19-20H,9-10,13-14H2,1-8H3,(H,39,42)(H2,35,37,38,41). The first kappa shape index (κ1) is 33.6. The van der Waals surface area contributed by atoms with Gasteiger partial charge < -0.3 is 24.3 Å². The second-order valence-corrected chi connectivity index (χ2v) is 13.6. The number of benzene rings is 1. The maximum Gasteiger partial charge on any atom is 0.415 e. The number of nitrogens with one attached hydrogen (secondary N) is 3. The molecule has 0 spiro atoms. The zero-order valence-electron chi connectivity index (χ0n) is 27.9. The molecule has 1 aliphatic heterocycles. The third kappa shape index (κ3) is 7.64. The van der Waals surface area contributed by atoms with Crippen LogP contribution >= 0.6 is 0 Å². The molecule has 47 heavy (non-hydrogen) atoms. The molecule has 0 bridgehead atoms. The fraction of sp³-hybridized carbons (Fsp3) is 0.485. The summed E-state index contributed by atoms with van der Waals surface area (Å²) in [6.07, 6.45) is 2.90. The van der Waals surface area contributed by atoms with Crippen molar-refractivity contribution in [1.29, 1.82) is 0 Å². The first-order chi connectivity index (χ1) is 22.0. The van der Waals surface area contributed by atoms with Crippen LogP contribution < -0.4 is 25.6 Å². The number of methoxy groups -OCH3 is 1. The van der Waals surface area contributed by atoms with E-state index in [2.05, 4.69) is 25.9 Å². The number of nitrogens with zero attached hydrogens (tertiary/aromatic N) is 3. The van der Waals surface area contributed by atoms with Crippen LogP contribution in [0.3, 0.4) is 0 Å². The molecule has 3 heterocycles. The second kappa shape index (κ2) is 12.8. The van der Waals surface area contributed by atoms with Crippen molar-refractivity contribution in [2.24, 2.45) is 0 Å². The van der Waals surface area contributed by atoms with Gasteiger partial charge in [0.15, 0.2) is 5.82 Å². The van der Waals surface area contributed by atoms with Gasteiger partial charge in [0.05, 0.1) is 18.3 Å². The van der Waals surface area contributed by atoms with E-state index in [-0.39, 0.29) is 53.6 Å². The number of pyridine rings is 2. The van der Waals surface area contributed by atoms with E-state index in [1.807, 2.05) is 0 Å². The molecular weight excluding hydrogens is 611 g/mol. The van der Waals surface area contributed by atoms with Crippen LogP contribution in [0.25, 0.3) is 21.9 Å². The van der Waals surface area contributed by atoms with Crippen LogP contribution in [-0.4, -0.2) is 71.8 Å². The monoisotopic (exact) mass is 652 g/mol. The molecular formula is C33H41FN6O7. The van der Waals surface area contributed by atoms with Gasteiger partial charge in [0.2, 0.25) is 5.88 Å². The van der Waals surface area contributed by atoms with Gasteiger partial charge in [-0.15, -0.1) is 0 Å². The first-order valence-electron chi connectivity index (χ1n) is 15.4. The predicted octanol–water partition coefficient (Wildman–Crippen LogP) is 6.52. The largest absolute Gasteiger partial charge is 0.474 e. The summed E-state index contributed by atoms with van der Waals surface area (Å²) in [5.41, 5.74) is -0.489. The average Bonchev–Trinajstić information content (AvgIpc) is 2.94. The van der Waals surface area contributed by atoms with Crippen molar-refractivity contribution in [3.05, 3.63) is 35.9 Å². The Morgan fingerprint density at radius 2 is 1.68 bits per heavy atom. The van der Waals surface area contributed by atoms with Gasteiger partial charge in [-0.25, -0.2) is 28.7 Å². The number of hydrogen-bond donors (Lipinski definition) is 3. The summed E-state index contributed by atoms with van der Waals surface area (Å²) in [6, 6.07) is 2.69. The fourth-order valence-electron chi connectivity index (χ4n) is 5.39. The van der Waals surface area contributed by atoms with Gasteiger partial charge in [-0.3, -0.25) is 15.5 Å². The Morgan fingerprint density at radius 3 is 2.34 bits per heavy atom. The molecule has 0 saturated heterocycles. The van der Waals surface area contributed by atoms with Crippen LogP contribution in [-0.2, 0) is 14.2 Å². The summed E-state index contributed by atoms with van der Waals surface area (Å²) < 4.78 is 38.6. The highest BCUT2D eigenvalue weighted by atomic mass is 19.1. The molecule has 5 rings (SSSR count). The number of carbonyl (C=O) groups excluding carboxylic acids is 3. The number of fused-ring (bicyclic) bond motifs is 2. The Kier molecular flexibility index (Phi) is 9.18. The van der Waals surface area contributed by atoms with Gasteiger partial charge in [0.25, 0.3) is 0 Å². The topological polar surface area (TPSA) is 153 Å². The van der Waals surface area contributed by atoms with Crippen molar-refractivity contribution in [3.8, 4) is 17.0 Å². The van der Waals surface area contributed by atoms with E-state index in [9.17, 15) is 14.4 Å². The zero-order chi connectivity index (χ0) is 34.3. The number of amides is 4. The third-order valence-corrected chi connectivity index (χ3v) is 7.59. The van der Waals surface area contributed by atoms with E-state index in [0.29, 0.717) is 35.0 Å². The van der Waals surface area contributed by atoms with E-state index >= 15 is 4.39 Å². The van der Waals surface area contributed by atoms with Crippen LogP contribution in [0.15, 0.2) is 24.5 Å². The molecule has 14 heteroatoms. The van der Waals surface area contributed by atoms with Gasteiger partial charge in [0.1, 0.15) is 29.3 Å². The summed E-state index contributed by atoms with van der Waals surface area (Å²) >= 11 is 0. The van der Waals surface area contributed by atoms with E-state index < -0.39 is 35.2 Å². The van der Waals surface area contributed by atoms with Crippen LogP contribution in [0.2, 0.25) is 0 Å². The van der Waals surface area contributed by atoms with Gasteiger partial charge in [-0.1, -0.05) is 0 Å². The minimum absolute atomic E-state index is 0.0190. The Labute approximate surface area is 272 Å². The number of ether oxygens (including phenoxy) is 4. The molecule has 2 aliphatic rings. The normalized spacial score (nSPS) is 17.6. The Morgan fingerprint density at radius 1 is 0.979 bits per heavy atom. The van der Waals surface area contributed by atoms with Gasteiger partial charge in [0, 0.05) is 42.1 Å². The number of rotatable bonds is 5. The van der Waals surface area contributed by atoms with Crippen LogP contribution in [0.1, 0.15) is 59.9 Å². The van der Waals surface area contributed by atoms with Crippen LogP contribution in [0.4, 0.5) is 36.0 Å².